The van der Waals surface area contributed by atoms with Crippen LogP contribution >= 0.6 is 0 Å². The minimum Gasteiger partial charge on any atom is -0.481 e. The number of rotatable bonds is 9. The van der Waals surface area contributed by atoms with E-state index >= 15 is 0 Å². The second-order valence-corrected chi connectivity index (χ2v) is 6.12. The van der Waals surface area contributed by atoms with E-state index in [-0.39, 0.29) is 11.9 Å². The van der Waals surface area contributed by atoms with Gasteiger partial charge in [0, 0.05) is 38.0 Å². The summed E-state index contributed by atoms with van der Waals surface area (Å²) in [4.78, 5) is 24.5. The first kappa shape index (κ1) is 21.9. The number of anilines is 3. The largest absolute Gasteiger partial charge is 0.481 e. The van der Waals surface area contributed by atoms with Crippen LogP contribution in [0.4, 0.5) is 17.5 Å². The molecule has 29 heavy (non-hydrogen) atoms. The molecule has 0 aliphatic carbocycles. The third-order valence-corrected chi connectivity index (χ3v) is 4.05. The Bertz CT molecular complexity index is 877. The maximum atomic E-state index is 11.7. The summed E-state index contributed by atoms with van der Waals surface area (Å²) in [5, 5.41) is 11.9. The fourth-order valence-electron chi connectivity index (χ4n) is 2.28. The first-order valence-corrected chi connectivity index (χ1v) is 9.33. The number of hydrogen-bond acceptors (Lipinski definition) is 8. The molecule has 2 aromatic rings. The summed E-state index contributed by atoms with van der Waals surface area (Å²) in [5.74, 6) is 7.73. The molecule has 4 N–H and O–H groups in total. The Morgan fingerprint density at radius 1 is 1.31 bits per heavy atom. The molecule has 2 rings (SSSR count). The predicted molar refractivity (Wildman–Crippen MR) is 113 cm³/mol. The van der Waals surface area contributed by atoms with Crippen LogP contribution in [0.25, 0.3) is 0 Å². The molecule has 0 aromatic carbocycles. The van der Waals surface area contributed by atoms with Gasteiger partial charge in [-0.3, -0.25) is 4.79 Å². The van der Waals surface area contributed by atoms with Gasteiger partial charge >= 0.3 is 0 Å². The van der Waals surface area contributed by atoms with Crippen LogP contribution in [0.5, 0.6) is 5.88 Å². The van der Waals surface area contributed by atoms with Crippen LogP contribution in [0.1, 0.15) is 25.3 Å². The number of aromatic nitrogens is 3. The number of methoxy groups -OCH3 is 1. The molecule has 0 bridgehead atoms. The molecular formula is C20H27N7O2. The molecule has 0 fully saturated rings. The maximum absolute atomic E-state index is 11.7. The van der Waals surface area contributed by atoms with Gasteiger partial charge in [0.15, 0.2) is 0 Å². The molecule has 1 amide bonds. The van der Waals surface area contributed by atoms with Crippen molar-refractivity contribution in [1.82, 2.24) is 25.6 Å². The number of ether oxygens (including phenoxy) is 1. The van der Waals surface area contributed by atoms with Crippen molar-refractivity contribution in [3.63, 3.8) is 0 Å². The minimum atomic E-state index is -0.197. The van der Waals surface area contributed by atoms with Crippen molar-refractivity contribution >= 4 is 23.4 Å². The lowest BCUT2D eigenvalue weighted by atomic mass is 10.2. The van der Waals surface area contributed by atoms with Crippen molar-refractivity contribution in [3.05, 3.63) is 30.1 Å². The molecule has 0 saturated heterocycles. The highest BCUT2D eigenvalue weighted by Crippen LogP contribution is 2.19. The molecule has 2 heterocycles. The smallest absolute Gasteiger partial charge is 0.236 e. The zero-order valence-corrected chi connectivity index (χ0v) is 17.2. The van der Waals surface area contributed by atoms with E-state index in [0.717, 1.165) is 12.1 Å². The monoisotopic (exact) mass is 397 g/mol. The average Bonchev–Trinajstić information content (AvgIpc) is 2.76. The Morgan fingerprint density at radius 2 is 2.14 bits per heavy atom. The number of carbonyl (C=O) groups excluding carboxylic acids is 1. The highest BCUT2D eigenvalue weighted by Gasteiger charge is 2.08. The normalized spacial score (nSPS) is 11.0. The van der Waals surface area contributed by atoms with E-state index in [1.807, 2.05) is 6.92 Å². The van der Waals surface area contributed by atoms with Crippen molar-refractivity contribution in [2.24, 2.45) is 0 Å². The van der Waals surface area contributed by atoms with Crippen molar-refractivity contribution in [1.29, 1.82) is 0 Å². The number of amides is 1. The molecule has 0 unspecified atom stereocenters. The van der Waals surface area contributed by atoms with Crippen molar-refractivity contribution < 1.29 is 9.53 Å². The van der Waals surface area contributed by atoms with Gasteiger partial charge in [-0.1, -0.05) is 11.8 Å². The fourth-order valence-corrected chi connectivity index (χ4v) is 2.28. The summed E-state index contributed by atoms with van der Waals surface area (Å²) in [5.41, 5.74) is 1.48. The number of carbonyl (C=O) groups is 1. The molecular weight excluding hydrogens is 370 g/mol. The molecule has 0 saturated carbocycles. The van der Waals surface area contributed by atoms with Gasteiger partial charge in [0.05, 0.1) is 24.9 Å². The lowest BCUT2D eigenvalue weighted by molar-refractivity contribution is -0.122. The zero-order chi connectivity index (χ0) is 21.1. The van der Waals surface area contributed by atoms with Crippen LogP contribution in [0.15, 0.2) is 24.5 Å². The molecule has 2 aromatic heterocycles. The van der Waals surface area contributed by atoms with Gasteiger partial charge in [0.1, 0.15) is 5.82 Å². The van der Waals surface area contributed by atoms with E-state index in [9.17, 15) is 4.79 Å². The zero-order valence-electron chi connectivity index (χ0n) is 17.2. The molecule has 0 aliphatic rings. The van der Waals surface area contributed by atoms with E-state index < -0.39 is 0 Å². The Labute approximate surface area is 171 Å². The van der Waals surface area contributed by atoms with Gasteiger partial charge in [-0.15, -0.1) is 0 Å². The van der Waals surface area contributed by atoms with Crippen molar-refractivity contribution in [2.45, 2.75) is 25.8 Å². The predicted octanol–water partition coefficient (Wildman–Crippen LogP) is 1.52. The fraction of sp³-hybridized carbons (Fsp3) is 0.400. The molecule has 0 radical (unpaired) electrons. The summed E-state index contributed by atoms with van der Waals surface area (Å²) in [6, 6.07) is 3.36. The van der Waals surface area contributed by atoms with Crippen molar-refractivity contribution in [3.8, 4) is 17.7 Å². The summed E-state index contributed by atoms with van der Waals surface area (Å²) < 4.78 is 5.11. The van der Waals surface area contributed by atoms with Gasteiger partial charge in [-0.25, -0.2) is 9.97 Å². The number of nitrogens with one attached hydrogen (secondary N) is 4. The van der Waals surface area contributed by atoms with Crippen LogP contribution in [0.3, 0.4) is 0 Å². The van der Waals surface area contributed by atoms with Crippen molar-refractivity contribution in [2.75, 3.05) is 38.4 Å². The Kier molecular flexibility index (Phi) is 8.66. The van der Waals surface area contributed by atoms with Gasteiger partial charge < -0.3 is 26.0 Å². The lowest BCUT2D eigenvalue weighted by Gasteiger charge is -2.09. The number of unbranched alkanes of at least 4 members (excludes halogenated alkanes) is 1. The third kappa shape index (κ3) is 6.93. The summed E-state index contributed by atoms with van der Waals surface area (Å²) in [6.45, 7) is 2.41. The molecule has 0 spiro atoms. The van der Waals surface area contributed by atoms with Crippen LogP contribution in [-0.4, -0.2) is 54.7 Å². The summed E-state index contributed by atoms with van der Waals surface area (Å²) in [7, 11) is 5.10. The van der Waals surface area contributed by atoms with E-state index in [2.05, 4.69) is 48.1 Å². The number of pyridine rings is 1. The van der Waals surface area contributed by atoms with Gasteiger partial charge in [-0.05, 0) is 26.5 Å². The Hall–Kier alpha value is -3.38. The third-order valence-electron chi connectivity index (χ3n) is 4.05. The SMILES string of the molecule is CNc1nc(Nc2ccnc(OC)c2)ncc1C#CCCCNC(=O)[C@H](C)NC. The second-order valence-electron chi connectivity index (χ2n) is 6.12. The van der Waals surface area contributed by atoms with E-state index in [4.69, 9.17) is 4.74 Å². The van der Waals surface area contributed by atoms with Crippen LogP contribution in [0, 0.1) is 11.8 Å². The van der Waals surface area contributed by atoms with Gasteiger partial charge in [0.2, 0.25) is 17.7 Å². The molecule has 0 aliphatic heterocycles. The van der Waals surface area contributed by atoms with Gasteiger partial charge in [-0.2, -0.15) is 4.98 Å². The summed E-state index contributed by atoms with van der Waals surface area (Å²) >= 11 is 0. The Balaban J connectivity index is 1.92. The lowest BCUT2D eigenvalue weighted by Crippen LogP contribution is -2.40. The quantitative estimate of drug-likeness (QED) is 0.372. The minimum absolute atomic E-state index is 0.0127. The van der Waals surface area contributed by atoms with Crippen LogP contribution in [-0.2, 0) is 4.79 Å². The van der Waals surface area contributed by atoms with E-state index in [1.165, 1.54) is 0 Å². The first-order chi connectivity index (χ1) is 14.1. The van der Waals surface area contributed by atoms with Crippen LogP contribution in [0.2, 0.25) is 0 Å². The van der Waals surface area contributed by atoms with E-state index in [0.29, 0.717) is 36.2 Å². The number of nitrogens with zero attached hydrogens (tertiary/aromatic N) is 3. The molecule has 1 atom stereocenters. The highest BCUT2D eigenvalue weighted by molar-refractivity contribution is 5.81. The maximum Gasteiger partial charge on any atom is 0.236 e. The van der Waals surface area contributed by atoms with E-state index in [1.54, 1.807) is 45.7 Å². The second kappa shape index (κ2) is 11.5. The molecule has 9 nitrogen and oxygen atoms in total. The average molecular weight is 397 g/mol. The number of likely N-dealkylation sites (N-methyl/N-ethyl adjacent to an activating group) is 1. The standard InChI is InChI=1S/C20H27N7O2/c1-14(21-2)19(28)24-10-7-5-6-8-15-13-25-20(27-18(15)22-3)26-16-9-11-23-17(12-16)29-4/h9,11-14,21H,5,7,10H2,1-4H3,(H,24,28)(H2,22,23,25,26,27)/t14-/m0/s1. The topological polar surface area (TPSA) is 113 Å². The highest BCUT2D eigenvalue weighted by atomic mass is 16.5. The molecule has 154 valence electrons. The van der Waals surface area contributed by atoms with Gasteiger partial charge in [0.25, 0.3) is 0 Å². The molecule has 9 heteroatoms. The first-order valence-electron chi connectivity index (χ1n) is 9.33. The number of hydrogen-bond donors (Lipinski definition) is 4. The summed E-state index contributed by atoms with van der Waals surface area (Å²) in [6.07, 6.45) is 4.74. The van der Waals surface area contributed by atoms with Crippen LogP contribution < -0.4 is 26.0 Å². The Morgan fingerprint density at radius 3 is 2.86 bits per heavy atom.